The van der Waals surface area contributed by atoms with Gasteiger partial charge in [-0.25, -0.2) is 0 Å². The molecule has 25 nitrogen and oxygen atoms in total. The molecule has 3 atom stereocenters. The third kappa shape index (κ3) is 20.9. The molecule has 5 N–H and O–H groups in total. The zero-order valence-electron chi connectivity index (χ0n) is 59.1. The number of Topliss-reactive ketones (excluding diaryl/α,β-unsaturated/α-hetero) is 3. The summed E-state index contributed by atoms with van der Waals surface area (Å²) in [5.41, 5.74) is 2.84. The molecule has 107 heavy (non-hydrogen) atoms. The van der Waals surface area contributed by atoms with Gasteiger partial charge in [-0.15, -0.1) is 30.6 Å². The monoisotopic (exact) mass is 1570 g/mol. The Balaban J connectivity index is 0.000000192. The summed E-state index contributed by atoms with van der Waals surface area (Å²) in [4.78, 5) is 100. The summed E-state index contributed by atoms with van der Waals surface area (Å²) < 4.78 is 17.0. The first-order chi connectivity index (χ1) is 51.2. The number of benzene rings is 6. The maximum Gasteiger partial charge on any atom is 0.301 e. The van der Waals surface area contributed by atoms with Crippen molar-refractivity contribution in [1.29, 1.82) is 0 Å². The lowest BCUT2D eigenvalue weighted by molar-refractivity contribution is -0.135. The van der Waals surface area contributed by atoms with Crippen molar-refractivity contribution in [2.24, 2.45) is 0 Å². The number of ketones is 3. The molecule has 3 fully saturated rings. The molecule has 31 heteroatoms. The highest BCUT2D eigenvalue weighted by Gasteiger charge is 2.51. The lowest BCUT2D eigenvalue weighted by Crippen LogP contribution is -2.29. The van der Waals surface area contributed by atoms with Crippen LogP contribution in [-0.4, -0.2) is 123 Å². The van der Waals surface area contributed by atoms with E-state index < -0.39 is 65.1 Å². The number of aliphatic hydroxyl groups is 3. The number of aliphatic hydroxyl groups excluding tert-OH is 3. The molecule has 3 aromatic heterocycles. The average Bonchev–Trinajstić information content (AvgIpc) is 1.61. The lowest BCUT2D eigenvalue weighted by atomic mass is 9.95. The highest BCUT2D eigenvalue weighted by Crippen LogP contribution is 2.47. The molecule has 6 heterocycles. The second kappa shape index (κ2) is 38.5. The molecule has 3 amide bonds. The zero-order chi connectivity index (χ0) is 77.8. The zero-order valence-corrected chi connectivity index (χ0v) is 63.8. The number of halogens is 3. The van der Waals surface area contributed by atoms with Gasteiger partial charge in [-0.2, -0.15) is 0 Å². The molecule has 12 rings (SSSR count). The Morgan fingerprint density at radius 1 is 0.393 bits per heavy atom. The van der Waals surface area contributed by atoms with Crippen LogP contribution in [-0.2, 0) is 38.4 Å². The highest BCUT2D eigenvalue weighted by atomic mass is 35.5. The van der Waals surface area contributed by atoms with E-state index in [0.717, 1.165) is 52.4 Å². The van der Waals surface area contributed by atoms with Crippen LogP contribution in [0.2, 0.25) is 15.1 Å². The summed E-state index contributed by atoms with van der Waals surface area (Å²) in [5, 5.41) is 76.5. The van der Waals surface area contributed by atoms with Gasteiger partial charge in [-0.3, -0.25) is 53.1 Å². The molecule has 0 radical (unpaired) electrons. The van der Waals surface area contributed by atoms with E-state index in [1.54, 1.807) is 166 Å². The van der Waals surface area contributed by atoms with Crippen molar-refractivity contribution in [1.82, 2.24) is 30.6 Å². The van der Waals surface area contributed by atoms with Gasteiger partial charge in [0.1, 0.15) is 49.5 Å². The van der Waals surface area contributed by atoms with Crippen molar-refractivity contribution in [2.75, 3.05) is 34.5 Å². The first-order valence-electron chi connectivity index (χ1n) is 33.4. The van der Waals surface area contributed by atoms with Gasteiger partial charge >= 0.3 is 17.7 Å². The minimum atomic E-state index is -0.892. The number of carbonyl (C=O) groups is 8. The fourth-order valence-corrected chi connectivity index (χ4v) is 13.6. The molecule has 0 spiro atoms. The second-order valence-electron chi connectivity index (χ2n) is 23.7. The van der Waals surface area contributed by atoms with Crippen LogP contribution in [0.25, 0.3) is 17.3 Å². The molecule has 3 unspecified atom stereocenters. The van der Waals surface area contributed by atoms with Crippen LogP contribution in [0, 0.1) is 20.8 Å². The van der Waals surface area contributed by atoms with E-state index in [1.165, 1.54) is 48.7 Å². The topological polar surface area (TPSA) is 352 Å². The van der Waals surface area contributed by atoms with Gasteiger partial charge in [0.25, 0.3) is 29.3 Å². The minimum absolute atomic E-state index is 0.0326. The summed E-state index contributed by atoms with van der Waals surface area (Å²) in [7, 11) is 0. The SMILES string of the molecule is CC(=O)O.CC(=O)O.CCCCOc1ccc(C(O)=C2C(=O)C(=O)N(c3nnc(C)s3)C2c2cccc(Cl)c2)cc1.CCCCOc1ccc(C(O)=C2C(=O)C(=O)N(c3nnc(C)s3)C2c2cccc(Cl)c2)cc1.CCCCOc1ccc(C(O)=C2C(=O)C(=O)N(c3nnc(C)s3)C2c2cccc(Cl)c2)cc1. The quantitative estimate of drug-likeness (QED) is 0.0193. The van der Waals surface area contributed by atoms with Gasteiger partial charge in [-0.05, 0) is 166 Å². The van der Waals surface area contributed by atoms with Crippen LogP contribution in [0.15, 0.2) is 162 Å². The van der Waals surface area contributed by atoms with Crippen molar-refractivity contribution in [2.45, 2.75) is 112 Å². The molecule has 6 aromatic carbocycles. The fraction of sp³-hybridized carbons (Fsp3) is 0.263. The fourth-order valence-electron chi connectivity index (χ4n) is 10.8. The first kappa shape index (κ1) is 81.9. The van der Waals surface area contributed by atoms with Crippen molar-refractivity contribution >= 4 is 148 Å². The number of carboxylic acids is 2. The van der Waals surface area contributed by atoms with Crippen LogP contribution in [0.4, 0.5) is 15.4 Å². The van der Waals surface area contributed by atoms with Crippen LogP contribution in [0.5, 0.6) is 17.2 Å². The maximum atomic E-state index is 13.1. The number of nitrogens with zero attached hydrogens (tertiary/aromatic N) is 9. The van der Waals surface area contributed by atoms with Crippen molar-refractivity contribution < 1.29 is 78.1 Å². The van der Waals surface area contributed by atoms with E-state index in [-0.39, 0.29) is 49.4 Å². The van der Waals surface area contributed by atoms with Crippen LogP contribution >= 0.6 is 68.8 Å². The highest BCUT2D eigenvalue weighted by molar-refractivity contribution is 7.16. The number of aryl methyl sites for hydroxylation is 3. The number of hydrogen-bond acceptors (Lipinski definition) is 23. The molecule has 3 aliphatic rings. The normalized spacial score (nSPS) is 16.7. The number of carbonyl (C=O) groups excluding carboxylic acids is 6. The van der Waals surface area contributed by atoms with E-state index in [4.69, 9.17) is 68.8 Å². The number of aromatic nitrogens is 6. The van der Waals surface area contributed by atoms with Gasteiger partial charge in [0.15, 0.2) is 0 Å². The van der Waals surface area contributed by atoms with E-state index in [1.807, 2.05) is 0 Å². The molecule has 558 valence electrons. The summed E-state index contributed by atoms with van der Waals surface area (Å²) in [5.74, 6) is -5.24. The van der Waals surface area contributed by atoms with E-state index in [2.05, 4.69) is 51.4 Å². The Labute approximate surface area is 642 Å². The average molecular weight is 1570 g/mol. The summed E-state index contributed by atoms with van der Waals surface area (Å²) >= 11 is 22.2. The number of amides is 3. The third-order valence-corrected chi connectivity index (χ3v) is 18.9. The third-order valence-electron chi connectivity index (χ3n) is 15.7. The molecular formula is C76H74Cl3N9O16S3. The number of carboxylic acid groups (broad SMARTS) is 2. The number of ether oxygens (including phenoxy) is 3. The Kier molecular flexibility index (Phi) is 29.5. The molecule has 9 aromatic rings. The molecular weight excluding hydrogens is 1500 g/mol. The van der Waals surface area contributed by atoms with Crippen LogP contribution in [0.3, 0.4) is 0 Å². The Morgan fingerprint density at radius 2 is 0.626 bits per heavy atom. The first-order valence-corrected chi connectivity index (χ1v) is 36.9. The smallest absolute Gasteiger partial charge is 0.301 e. The number of unbranched alkanes of at least 4 members (excludes halogenated alkanes) is 3. The van der Waals surface area contributed by atoms with Crippen LogP contribution < -0.4 is 28.9 Å². The van der Waals surface area contributed by atoms with E-state index >= 15 is 0 Å². The van der Waals surface area contributed by atoms with Gasteiger partial charge in [-0.1, -0.05) is 145 Å². The van der Waals surface area contributed by atoms with Gasteiger partial charge < -0.3 is 39.7 Å². The van der Waals surface area contributed by atoms with E-state index in [0.29, 0.717) is 101 Å². The lowest BCUT2D eigenvalue weighted by Gasteiger charge is -2.22. The van der Waals surface area contributed by atoms with Crippen molar-refractivity contribution in [3.05, 3.63) is 226 Å². The maximum absolute atomic E-state index is 13.1. The largest absolute Gasteiger partial charge is 0.507 e. The second-order valence-corrected chi connectivity index (χ2v) is 28.5. The Hall–Kier alpha value is -10.8. The predicted octanol–water partition coefficient (Wildman–Crippen LogP) is 16.1. The standard InChI is InChI=1S/3C24H22ClN3O4S.2C2H4O2/c3*1-3-4-12-32-18-10-8-15(9-11-18)21(29)19-20(16-6-5-7-17(25)13-16)28(23(31)22(19)30)24-27-26-14(2)33-24;2*1-2(3)4/h3*5-11,13,20,29H,3-4,12H2,1-2H3;2*1H3,(H,3,4). The Morgan fingerprint density at radius 3 is 0.822 bits per heavy atom. The number of rotatable bonds is 21. The van der Waals surface area contributed by atoms with E-state index in [9.17, 15) is 44.1 Å². The van der Waals surface area contributed by atoms with Crippen LogP contribution in [0.1, 0.15) is 140 Å². The number of aliphatic carboxylic acids is 2. The Bertz CT molecular complexity index is 4340. The molecule has 0 bridgehead atoms. The molecule has 3 saturated heterocycles. The molecule has 3 aliphatic heterocycles. The summed E-state index contributed by atoms with van der Waals surface area (Å²) in [6.45, 7) is 15.5. The summed E-state index contributed by atoms with van der Waals surface area (Å²) in [6, 6.07) is 38.2. The predicted molar refractivity (Wildman–Crippen MR) is 410 cm³/mol. The van der Waals surface area contributed by atoms with Crippen molar-refractivity contribution in [3.8, 4) is 17.2 Å². The van der Waals surface area contributed by atoms with Gasteiger partial charge in [0.2, 0.25) is 15.4 Å². The summed E-state index contributed by atoms with van der Waals surface area (Å²) in [6.07, 6.45) is 5.89. The number of hydrogen-bond donors (Lipinski definition) is 5. The molecule has 0 aliphatic carbocycles. The molecule has 0 saturated carbocycles. The van der Waals surface area contributed by atoms with Crippen molar-refractivity contribution in [3.63, 3.8) is 0 Å². The van der Waals surface area contributed by atoms with Gasteiger partial charge in [0, 0.05) is 45.6 Å². The van der Waals surface area contributed by atoms with Gasteiger partial charge in [0.05, 0.1) is 54.7 Å². The number of anilines is 3. The minimum Gasteiger partial charge on any atom is -0.507 e.